The van der Waals surface area contributed by atoms with Gasteiger partial charge in [-0.05, 0) is 25.0 Å². The molecule has 1 aromatic rings. The van der Waals surface area contributed by atoms with Crippen molar-refractivity contribution in [3.8, 4) is 0 Å². The normalized spacial score (nSPS) is 16.8. The second-order valence-electron chi connectivity index (χ2n) is 4.05. The van der Waals surface area contributed by atoms with Gasteiger partial charge in [0.1, 0.15) is 10.7 Å². The van der Waals surface area contributed by atoms with Crippen LogP contribution in [0.1, 0.15) is 19.3 Å². The molecule has 3 N–H and O–H groups in total. The van der Waals surface area contributed by atoms with Crippen molar-refractivity contribution in [2.45, 2.75) is 30.2 Å². The molecule has 0 heterocycles. The number of hydrogen-bond donors (Lipinski definition) is 2. The molecule has 0 amide bonds. The number of nitrogen functional groups attached to an aromatic ring is 1. The Hall–Kier alpha value is -0.850. The minimum Gasteiger partial charge on any atom is -0.396 e. The molecular weight excluding hydrogens is 267 g/mol. The summed E-state index contributed by atoms with van der Waals surface area (Å²) in [4.78, 5) is -0.176. The van der Waals surface area contributed by atoms with E-state index in [1.807, 2.05) is 0 Å². The third-order valence-corrected chi connectivity index (χ3v) is 4.75. The first kappa shape index (κ1) is 12.6. The number of sulfonamides is 1. The number of benzene rings is 1. The van der Waals surface area contributed by atoms with Crippen molar-refractivity contribution in [2.75, 3.05) is 5.73 Å². The van der Waals surface area contributed by atoms with Crippen LogP contribution in [0.3, 0.4) is 0 Å². The van der Waals surface area contributed by atoms with Gasteiger partial charge in [0.15, 0.2) is 0 Å². The smallest absolute Gasteiger partial charge is 0.242 e. The third-order valence-electron chi connectivity index (χ3n) is 2.77. The molecule has 1 saturated carbocycles. The first-order valence-corrected chi connectivity index (χ1v) is 7.03. The summed E-state index contributed by atoms with van der Waals surface area (Å²) in [6.07, 6.45) is 2.63. The zero-order chi connectivity index (χ0) is 12.6. The maximum atomic E-state index is 13.1. The standard InChI is InChI=1S/C10H12ClFN2O2S/c11-7-4-8(12)9(13)5-10(7)17(15,16)14-6-2-1-3-6/h4-6,14H,1-3,13H2. The molecule has 0 saturated heterocycles. The quantitative estimate of drug-likeness (QED) is 0.830. The lowest BCUT2D eigenvalue weighted by atomic mass is 9.94. The fraction of sp³-hybridized carbons (Fsp3) is 0.400. The average Bonchev–Trinajstić information content (AvgIpc) is 2.17. The first-order chi connectivity index (χ1) is 7.90. The Kier molecular flexibility index (Phi) is 3.29. The maximum Gasteiger partial charge on any atom is 0.242 e. The van der Waals surface area contributed by atoms with Crippen LogP contribution < -0.4 is 10.5 Å². The van der Waals surface area contributed by atoms with Crippen LogP contribution in [0.15, 0.2) is 17.0 Å². The average molecular weight is 279 g/mol. The van der Waals surface area contributed by atoms with Crippen LogP contribution in [0.4, 0.5) is 10.1 Å². The monoisotopic (exact) mass is 278 g/mol. The van der Waals surface area contributed by atoms with E-state index >= 15 is 0 Å². The van der Waals surface area contributed by atoms with Crippen molar-refractivity contribution < 1.29 is 12.8 Å². The number of nitrogens with one attached hydrogen (secondary N) is 1. The van der Waals surface area contributed by atoms with E-state index in [1.165, 1.54) is 0 Å². The lowest BCUT2D eigenvalue weighted by Crippen LogP contribution is -2.39. The highest BCUT2D eigenvalue weighted by atomic mass is 35.5. The highest BCUT2D eigenvalue weighted by molar-refractivity contribution is 7.89. The van der Waals surface area contributed by atoms with E-state index in [2.05, 4.69) is 4.72 Å². The van der Waals surface area contributed by atoms with E-state index in [-0.39, 0.29) is 21.6 Å². The summed E-state index contributed by atoms with van der Waals surface area (Å²) in [5.41, 5.74) is 5.10. The van der Waals surface area contributed by atoms with Gasteiger partial charge in [-0.15, -0.1) is 0 Å². The van der Waals surface area contributed by atoms with Gasteiger partial charge in [0.05, 0.1) is 10.7 Å². The van der Waals surface area contributed by atoms with Crippen molar-refractivity contribution >= 4 is 27.3 Å². The number of nitrogens with two attached hydrogens (primary N) is 1. The molecule has 4 nitrogen and oxygen atoms in total. The van der Waals surface area contributed by atoms with Gasteiger partial charge in [-0.25, -0.2) is 17.5 Å². The highest BCUT2D eigenvalue weighted by Crippen LogP contribution is 2.28. The summed E-state index contributed by atoms with van der Waals surface area (Å²) >= 11 is 5.72. The first-order valence-electron chi connectivity index (χ1n) is 5.17. The van der Waals surface area contributed by atoms with Crippen LogP contribution in [0.5, 0.6) is 0 Å². The maximum absolute atomic E-state index is 13.1. The third kappa shape index (κ3) is 2.53. The Balaban J connectivity index is 2.35. The Bertz CT molecular complexity index is 543. The summed E-state index contributed by atoms with van der Waals surface area (Å²) in [5, 5.41) is -0.163. The summed E-state index contributed by atoms with van der Waals surface area (Å²) in [6.45, 7) is 0. The molecule has 0 unspecified atom stereocenters. The predicted octanol–water partition coefficient (Wildman–Crippen LogP) is 1.89. The van der Waals surface area contributed by atoms with Crippen molar-refractivity contribution in [1.82, 2.24) is 4.72 Å². The Labute approximate surface area is 104 Å². The van der Waals surface area contributed by atoms with E-state index < -0.39 is 15.8 Å². The van der Waals surface area contributed by atoms with Crippen LogP contribution in [0.25, 0.3) is 0 Å². The summed E-state index contributed by atoms with van der Waals surface area (Å²) < 4.78 is 39.5. The van der Waals surface area contributed by atoms with Gasteiger partial charge in [-0.2, -0.15) is 0 Å². The van der Waals surface area contributed by atoms with Gasteiger partial charge in [0, 0.05) is 6.04 Å². The Morgan fingerprint density at radius 3 is 2.59 bits per heavy atom. The van der Waals surface area contributed by atoms with E-state index in [0.29, 0.717) is 0 Å². The van der Waals surface area contributed by atoms with Gasteiger partial charge in [-0.1, -0.05) is 18.0 Å². The van der Waals surface area contributed by atoms with Gasteiger partial charge < -0.3 is 5.73 Å². The predicted molar refractivity (Wildman–Crippen MR) is 63.8 cm³/mol. The largest absolute Gasteiger partial charge is 0.396 e. The zero-order valence-electron chi connectivity index (χ0n) is 8.91. The minimum atomic E-state index is -3.72. The summed E-state index contributed by atoms with van der Waals surface area (Å²) in [5.74, 6) is -0.724. The molecule has 1 aromatic carbocycles. The minimum absolute atomic E-state index is 0.0534. The molecule has 7 heteroatoms. The van der Waals surface area contributed by atoms with Crippen molar-refractivity contribution in [3.05, 3.63) is 23.0 Å². The van der Waals surface area contributed by atoms with Gasteiger partial charge in [0.25, 0.3) is 0 Å². The van der Waals surface area contributed by atoms with E-state index in [9.17, 15) is 12.8 Å². The fourth-order valence-electron chi connectivity index (χ4n) is 1.56. The molecule has 2 rings (SSSR count). The molecule has 17 heavy (non-hydrogen) atoms. The van der Waals surface area contributed by atoms with Crippen LogP contribution in [-0.4, -0.2) is 14.5 Å². The molecular formula is C10H12ClFN2O2S. The van der Waals surface area contributed by atoms with Crippen LogP contribution in [0, 0.1) is 5.82 Å². The number of hydrogen-bond acceptors (Lipinski definition) is 3. The van der Waals surface area contributed by atoms with E-state index in [4.69, 9.17) is 17.3 Å². The molecule has 0 radical (unpaired) electrons. The second-order valence-corrected chi connectivity index (χ2v) is 6.14. The molecule has 94 valence electrons. The molecule has 1 aliphatic carbocycles. The van der Waals surface area contributed by atoms with Gasteiger partial charge in [0.2, 0.25) is 10.0 Å². The van der Waals surface area contributed by atoms with Gasteiger partial charge in [-0.3, -0.25) is 0 Å². The lowest BCUT2D eigenvalue weighted by molar-refractivity contribution is 0.383. The number of anilines is 1. The Morgan fingerprint density at radius 2 is 2.06 bits per heavy atom. The topological polar surface area (TPSA) is 72.2 Å². The van der Waals surface area contributed by atoms with Crippen LogP contribution >= 0.6 is 11.6 Å². The number of halogens is 2. The molecule has 0 atom stereocenters. The molecule has 0 aliphatic heterocycles. The van der Waals surface area contributed by atoms with Crippen molar-refractivity contribution in [1.29, 1.82) is 0 Å². The Morgan fingerprint density at radius 1 is 1.41 bits per heavy atom. The molecule has 1 aliphatic rings. The fourth-order valence-corrected chi connectivity index (χ4v) is 3.41. The van der Waals surface area contributed by atoms with E-state index in [1.54, 1.807) is 0 Å². The lowest BCUT2D eigenvalue weighted by Gasteiger charge is -2.26. The molecule has 0 bridgehead atoms. The van der Waals surface area contributed by atoms with Crippen molar-refractivity contribution in [2.24, 2.45) is 0 Å². The summed E-state index contributed by atoms with van der Waals surface area (Å²) in [7, 11) is -3.72. The highest BCUT2D eigenvalue weighted by Gasteiger charge is 2.26. The van der Waals surface area contributed by atoms with E-state index in [0.717, 1.165) is 31.4 Å². The SMILES string of the molecule is Nc1cc(S(=O)(=O)NC2CCC2)c(Cl)cc1F. The zero-order valence-corrected chi connectivity index (χ0v) is 10.5. The van der Waals surface area contributed by atoms with Crippen LogP contribution in [-0.2, 0) is 10.0 Å². The molecule has 0 spiro atoms. The van der Waals surface area contributed by atoms with Gasteiger partial charge >= 0.3 is 0 Å². The van der Waals surface area contributed by atoms with Crippen molar-refractivity contribution in [3.63, 3.8) is 0 Å². The second kappa shape index (κ2) is 4.44. The summed E-state index contributed by atoms with van der Waals surface area (Å²) in [6, 6.07) is 1.90. The molecule has 1 fully saturated rings. The number of rotatable bonds is 3. The molecule has 0 aromatic heterocycles. The van der Waals surface area contributed by atoms with Crippen LogP contribution in [0.2, 0.25) is 5.02 Å².